The highest BCUT2D eigenvalue weighted by Crippen LogP contribution is 2.59. The standard InChI is InChI=1S/C98H76N2O2/c1-96(2)90-26-16-14-24-84(90)86-58-50-80(62-92(86)96)99(76-42-30-68(31-43-76)66-18-8-5-9-19-66)78-46-34-70(35-47-78)72-38-56-88-89-57-39-73(61-95(89)98(94(88)60-72,74-22-12-7-13-23-74)75-40-54-83(55-41-75)102-82-52-28-65(64-101)29-53-82)71-36-48-79(49-37-71)100(77-44-32-69(33-45-77)67-20-10-6-11-21-67)81-51-59-87-85-25-15-17-27-91(85)97(3,4)93(87)63-81/h5-32,34-44,46-63,101H,33,45,64H2,1-4H3. The Morgan fingerprint density at radius 1 is 0.294 bits per heavy atom. The predicted octanol–water partition coefficient (Wildman–Crippen LogP) is 25.3. The van der Waals surface area contributed by atoms with E-state index in [4.69, 9.17) is 4.74 Å². The molecule has 0 fully saturated rings. The quantitative estimate of drug-likeness (QED) is 0.111. The van der Waals surface area contributed by atoms with E-state index in [0.29, 0.717) is 5.75 Å². The highest BCUT2D eigenvalue weighted by molar-refractivity contribution is 5.92. The van der Waals surface area contributed by atoms with Gasteiger partial charge in [0.2, 0.25) is 0 Å². The molecule has 14 aromatic carbocycles. The van der Waals surface area contributed by atoms with E-state index in [1.54, 1.807) is 0 Å². The molecule has 4 aliphatic carbocycles. The van der Waals surface area contributed by atoms with E-state index in [2.05, 4.69) is 359 Å². The summed E-state index contributed by atoms with van der Waals surface area (Å²) in [6.07, 6.45) is 6.53. The minimum atomic E-state index is -0.750. The third-order valence-corrected chi connectivity index (χ3v) is 22.3. The molecule has 1 atom stereocenters. The molecule has 4 heteroatoms. The van der Waals surface area contributed by atoms with Crippen LogP contribution in [0.5, 0.6) is 11.5 Å². The Morgan fingerprint density at radius 2 is 0.667 bits per heavy atom. The summed E-state index contributed by atoms with van der Waals surface area (Å²) in [5.41, 5.74) is 34.0. The molecular formula is C98H76N2O2. The maximum atomic E-state index is 9.84. The normalized spacial score (nSPS) is 15.4. The Bertz CT molecular complexity index is 5600. The number of anilines is 5. The van der Waals surface area contributed by atoms with Gasteiger partial charge in [0, 0.05) is 45.0 Å². The molecule has 0 aromatic heterocycles. The number of fused-ring (bicyclic) bond motifs is 9. The van der Waals surface area contributed by atoms with Crippen LogP contribution in [0.4, 0.5) is 28.4 Å². The van der Waals surface area contributed by atoms with Crippen LogP contribution in [0.2, 0.25) is 0 Å². The van der Waals surface area contributed by atoms with Crippen molar-refractivity contribution in [2.24, 2.45) is 0 Å². The fourth-order valence-corrected chi connectivity index (χ4v) is 17.1. The van der Waals surface area contributed by atoms with Crippen molar-refractivity contribution in [2.45, 2.75) is 63.4 Å². The number of rotatable bonds is 15. The molecule has 490 valence electrons. The molecule has 0 radical (unpaired) electrons. The third-order valence-electron chi connectivity index (χ3n) is 22.3. The molecule has 1 unspecified atom stereocenters. The summed E-state index contributed by atoms with van der Waals surface area (Å²) >= 11 is 0. The molecule has 0 spiro atoms. The van der Waals surface area contributed by atoms with Gasteiger partial charge in [0.1, 0.15) is 11.5 Å². The number of aliphatic hydroxyl groups excluding tert-OH is 1. The number of hydrogen-bond donors (Lipinski definition) is 1. The Balaban J connectivity index is 0.744. The highest BCUT2D eigenvalue weighted by Gasteiger charge is 2.47. The maximum absolute atomic E-state index is 9.84. The summed E-state index contributed by atoms with van der Waals surface area (Å²) in [7, 11) is 0. The topological polar surface area (TPSA) is 35.9 Å². The smallest absolute Gasteiger partial charge is 0.127 e. The monoisotopic (exact) mass is 1310 g/mol. The van der Waals surface area contributed by atoms with Crippen LogP contribution in [-0.2, 0) is 22.9 Å². The molecule has 0 bridgehead atoms. The van der Waals surface area contributed by atoms with Crippen molar-refractivity contribution in [3.63, 3.8) is 0 Å². The lowest BCUT2D eigenvalue weighted by atomic mass is 9.67. The minimum absolute atomic E-state index is 0.0240. The first-order valence-corrected chi connectivity index (χ1v) is 35.7. The van der Waals surface area contributed by atoms with Crippen molar-refractivity contribution in [2.75, 3.05) is 9.80 Å². The van der Waals surface area contributed by atoms with Gasteiger partial charge in [-0.2, -0.15) is 0 Å². The number of nitrogens with zero attached hydrogens (tertiary/aromatic N) is 2. The highest BCUT2D eigenvalue weighted by atomic mass is 16.5. The Hall–Kier alpha value is -12.1. The number of ether oxygens (including phenoxy) is 1. The summed E-state index contributed by atoms with van der Waals surface area (Å²) in [5, 5.41) is 9.84. The van der Waals surface area contributed by atoms with Gasteiger partial charge >= 0.3 is 0 Å². The van der Waals surface area contributed by atoms with Crippen molar-refractivity contribution in [3.05, 3.63) is 407 Å². The van der Waals surface area contributed by atoms with E-state index < -0.39 is 5.41 Å². The van der Waals surface area contributed by atoms with Crippen LogP contribution in [0.1, 0.15) is 96.2 Å². The van der Waals surface area contributed by atoms with Crippen molar-refractivity contribution in [3.8, 4) is 78.3 Å². The molecule has 0 saturated heterocycles. The summed E-state index contributed by atoms with van der Waals surface area (Å²) in [4.78, 5) is 4.91. The Labute approximate surface area is 598 Å². The van der Waals surface area contributed by atoms with Gasteiger partial charge in [-0.15, -0.1) is 0 Å². The number of allylic oxidation sites excluding steroid dienone is 4. The molecule has 102 heavy (non-hydrogen) atoms. The molecule has 4 aliphatic rings. The van der Waals surface area contributed by atoms with Crippen molar-refractivity contribution >= 4 is 34.0 Å². The van der Waals surface area contributed by atoms with Crippen LogP contribution >= 0.6 is 0 Å². The SMILES string of the molecule is CC1(C)c2ccccc2-c2ccc(N(C3=CC=C(c4ccccc4)CC3)c3ccc(-c4ccc5c(c4)C(c4ccccc4)(c4ccc(Oc6ccc(CO)cc6)cc4)c4cc(-c6ccc(N(c7ccc(-c8ccccc8)cc7)c7ccc8c(c7)C(C)(C)c7ccccc7-8)cc6)ccc4-5)cc3)cc21. The zero-order valence-electron chi connectivity index (χ0n) is 57.8. The van der Waals surface area contributed by atoms with Crippen molar-refractivity contribution in [1.82, 2.24) is 0 Å². The van der Waals surface area contributed by atoms with Gasteiger partial charge < -0.3 is 19.6 Å². The largest absolute Gasteiger partial charge is 0.457 e. The second kappa shape index (κ2) is 25.0. The summed E-state index contributed by atoms with van der Waals surface area (Å²) in [6.45, 7) is 9.43. The van der Waals surface area contributed by atoms with Gasteiger partial charge in [-0.25, -0.2) is 0 Å². The van der Waals surface area contributed by atoms with E-state index >= 15 is 0 Å². The first-order chi connectivity index (χ1) is 50.0. The van der Waals surface area contributed by atoms with E-state index in [1.807, 2.05) is 24.3 Å². The lowest BCUT2D eigenvalue weighted by molar-refractivity contribution is 0.281. The molecule has 14 aromatic rings. The third kappa shape index (κ3) is 10.5. The van der Waals surface area contributed by atoms with Gasteiger partial charge in [0.15, 0.2) is 0 Å². The first kappa shape index (κ1) is 62.2. The molecule has 4 nitrogen and oxygen atoms in total. The van der Waals surface area contributed by atoms with Gasteiger partial charge in [-0.05, 0) is 244 Å². The number of benzene rings is 14. The summed E-state index contributed by atoms with van der Waals surface area (Å²) in [5.74, 6) is 1.44. The van der Waals surface area contributed by atoms with Crippen LogP contribution in [0.25, 0.3) is 72.3 Å². The van der Waals surface area contributed by atoms with Gasteiger partial charge in [0.25, 0.3) is 0 Å². The summed E-state index contributed by atoms with van der Waals surface area (Å²) in [6, 6.07) is 123. The fourth-order valence-electron chi connectivity index (χ4n) is 17.1. The predicted molar refractivity (Wildman–Crippen MR) is 423 cm³/mol. The molecule has 18 rings (SSSR count). The van der Waals surface area contributed by atoms with Crippen LogP contribution in [0.15, 0.2) is 351 Å². The minimum Gasteiger partial charge on any atom is -0.457 e. The van der Waals surface area contributed by atoms with Crippen LogP contribution in [-0.4, -0.2) is 5.11 Å². The zero-order valence-corrected chi connectivity index (χ0v) is 57.8. The zero-order chi connectivity index (χ0) is 68.7. The molecule has 0 saturated carbocycles. The van der Waals surface area contributed by atoms with Gasteiger partial charge in [-0.3, -0.25) is 0 Å². The average Bonchev–Trinajstić information content (AvgIpc) is 1.49. The maximum Gasteiger partial charge on any atom is 0.127 e. The lowest BCUT2D eigenvalue weighted by Crippen LogP contribution is -2.28. The van der Waals surface area contributed by atoms with Crippen LogP contribution < -0.4 is 14.5 Å². The molecular weight excluding hydrogens is 1240 g/mol. The van der Waals surface area contributed by atoms with E-state index in [0.717, 1.165) is 80.4 Å². The van der Waals surface area contributed by atoms with Crippen molar-refractivity contribution in [1.29, 1.82) is 0 Å². The van der Waals surface area contributed by atoms with E-state index in [9.17, 15) is 5.11 Å². The lowest BCUT2D eigenvalue weighted by Gasteiger charge is -2.34. The van der Waals surface area contributed by atoms with Gasteiger partial charge in [-0.1, -0.05) is 270 Å². The van der Waals surface area contributed by atoms with E-state index in [-0.39, 0.29) is 17.4 Å². The van der Waals surface area contributed by atoms with Gasteiger partial charge in [0.05, 0.1) is 12.0 Å². The van der Waals surface area contributed by atoms with E-state index in [1.165, 1.54) is 100 Å². The fraction of sp³-hybridized carbons (Fsp3) is 0.102. The molecule has 0 amide bonds. The first-order valence-electron chi connectivity index (χ1n) is 35.7. The van der Waals surface area contributed by atoms with Crippen LogP contribution in [0.3, 0.4) is 0 Å². The Kier molecular flexibility index (Phi) is 15.2. The number of aliphatic hydroxyl groups is 1. The molecule has 1 N–H and O–H groups in total. The molecule has 0 heterocycles. The Morgan fingerprint density at radius 3 is 1.16 bits per heavy atom. The molecule has 0 aliphatic heterocycles. The average molecular weight is 1310 g/mol. The second-order valence-electron chi connectivity index (χ2n) is 28.8. The van der Waals surface area contributed by atoms with Crippen LogP contribution in [0, 0.1) is 0 Å². The number of hydrogen-bond acceptors (Lipinski definition) is 4. The second-order valence-corrected chi connectivity index (χ2v) is 28.8. The van der Waals surface area contributed by atoms with Crippen molar-refractivity contribution < 1.29 is 9.84 Å². The summed E-state index contributed by atoms with van der Waals surface area (Å²) < 4.78 is 6.54.